The van der Waals surface area contributed by atoms with E-state index in [2.05, 4.69) is 12.6 Å². The van der Waals surface area contributed by atoms with Crippen molar-refractivity contribution in [2.75, 3.05) is 12.3 Å². The van der Waals surface area contributed by atoms with E-state index in [0.717, 1.165) is 20.0 Å². The molecule has 0 spiro atoms. The van der Waals surface area contributed by atoms with Crippen molar-refractivity contribution in [1.82, 2.24) is 0 Å². The summed E-state index contributed by atoms with van der Waals surface area (Å²) < 4.78 is 6.59. The van der Waals surface area contributed by atoms with E-state index in [0.29, 0.717) is 12.3 Å². The Morgan fingerprint density at radius 3 is 3.00 bits per heavy atom. The number of nitrogen functional groups attached to an aromatic ring is 1. The number of thiol groups is 1. The van der Waals surface area contributed by atoms with Crippen LogP contribution in [0.15, 0.2) is 23.1 Å². The highest BCUT2D eigenvalue weighted by molar-refractivity contribution is 7.80. The lowest BCUT2D eigenvalue weighted by Gasteiger charge is -1.98. The van der Waals surface area contributed by atoms with Crippen molar-refractivity contribution in [3.05, 3.63) is 18.2 Å². The van der Waals surface area contributed by atoms with Crippen molar-refractivity contribution in [2.45, 2.75) is 11.8 Å². The summed E-state index contributed by atoms with van der Waals surface area (Å²) in [5, 5.41) is 1.99. The summed E-state index contributed by atoms with van der Waals surface area (Å²) >= 11 is 5.99. The number of thiophene rings is 1. The molecule has 74 valence electrons. The van der Waals surface area contributed by atoms with Gasteiger partial charge in [-0.3, -0.25) is 0 Å². The third-order valence-corrected chi connectivity index (χ3v) is 3.48. The Balaban J connectivity index is 2.59. The zero-order valence-electron chi connectivity index (χ0n) is 7.78. The van der Waals surface area contributed by atoms with Crippen molar-refractivity contribution in [1.29, 1.82) is 0 Å². The minimum absolute atomic E-state index is 0.685. The molecule has 0 bridgehead atoms. The van der Waals surface area contributed by atoms with Crippen LogP contribution in [0.3, 0.4) is 0 Å². The molecule has 0 unspecified atom stereocenters. The van der Waals surface area contributed by atoms with E-state index in [4.69, 9.17) is 10.5 Å². The van der Waals surface area contributed by atoms with Gasteiger partial charge in [0.15, 0.2) is 5.06 Å². The van der Waals surface area contributed by atoms with Crippen LogP contribution in [0.2, 0.25) is 0 Å². The first-order valence-corrected chi connectivity index (χ1v) is 5.62. The average Bonchev–Trinajstić information content (AvgIpc) is 2.56. The fraction of sp³-hybridized carbons (Fsp3) is 0.200. The molecular weight excluding hydrogens is 214 g/mol. The van der Waals surface area contributed by atoms with Gasteiger partial charge in [-0.2, -0.15) is 0 Å². The first-order valence-electron chi connectivity index (χ1n) is 4.36. The van der Waals surface area contributed by atoms with Gasteiger partial charge in [0.1, 0.15) is 0 Å². The van der Waals surface area contributed by atoms with Gasteiger partial charge in [-0.05, 0) is 19.1 Å². The normalized spacial score (nSPS) is 10.7. The molecule has 1 aromatic carbocycles. The molecule has 0 aliphatic rings. The summed E-state index contributed by atoms with van der Waals surface area (Å²) in [5.41, 5.74) is 6.47. The van der Waals surface area contributed by atoms with E-state index in [1.54, 1.807) is 11.3 Å². The summed E-state index contributed by atoms with van der Waals surface area (Å²) in [6.45, 7) is 2.66. The third kappa shape index (κ3) is 1.55. The highest BCUT2D eigenvalue weighted by Crippen LogP contribution is 2.37. The predicted molar refractivity (Wildman–Crippen MR) is 64.7 cm³/mol. The quantitative estimate of drug-likeness (QED) is 0.608. The molecule has 0 aliphatic carbocycles. The van der Waals surface area contributed by atoms with Gasteiger partial charge in [0.25, 0.3) is 0 Å². The molecule has 0 aliphatic heterocycles. The van der Waals surface area contributed by atoms with Gasteiger partial charge in [0, 0.05) is 26.7 Å². The number of anilines is 1. The summed E-state index contributed by atoms with van der Waals surface area (Å²) in [5.74, 6) is 0. The molecule has 2 aromatic rings. The number of hydrogen-bond donors (Lipinski definition) is 2. The van der Waals surface area contributed by atoms with E-state index >= 15 is 0 Å². The standard InChI is InChI=1S/C10H11NOS2/c1-2-12-9-5-6-8(14-9)4-3-7(11)10(6)13/h3-5,13H,2,11H2,1H3. The topological polar surface area (TPSA) is 35.2 Å². The molecule has 0 radical (unpaired) electrons. The lowest BCUT2D eigenvalue weighted by atomic mass is 10.2. The van der Waals surface area contributed by atoms with Crippen molar-refractivity contribution >= 4 is 39.7 Å². The molecule has 0 amide bonds. The summed E-state index contributed by atoms with van der Waals surface area (Å²) in [4.78, 5) is 0.838. The Morgan fingerprint density at radius 1 is 1.50 bits per heavy atom. The molecule has 1 heterocycles. The van der Waals surface area contributed by atoms with Crippen LogP contribution in [0.25, 0.3) is 10.1 Å². The smallest absolute Gasteiger partial charge is 0.174 e. The lowest BCUT2D eigenvalue weighted by molar-refractivity contribution is 0.350. The van der Waals surface area contributed by atoms with Crippen molar-refractivity contribution in [3.8, 4) is 5.06 Å². The van der Waals surface area contributed by atoms with Gasteiger partial charge >= 0.3 is 0 Å². The second kappa shape index (κ2) is 3.71. The third-order valence-electron chi connectivity index (χ3n) is 1.97. The second-order valence-electron chi connectivity index (χ2n) is 2.91. The van der Waals surface area contributed by atoms with Crippen LogP contribution >= 0.6 is 24.0 Å². The Kier molecular flexibility index (Phi) is 2.56. The lowest BCUT2D eigenvalue weighted by Crippen LogP contribution is -1.87. The molecule has 1 aromatic heterocycles. The van der Waals surface area contributed by atoms with Crippen LogP contribution in [-0.4, -0.2) is 6.61 Å². The van der Waals surface area contributed by atoms with Gasteiger partial charge in [-0.25, -0.2) is 0 Å². The van der Waals surface area contributed by atoms with E-state index in [1.807, 2.05) is 25.1 Å². The molecule has 2 N–H and O–H groups in total. The van der Waals surface area contributed by atoms with Crippen LogP contribution < -0.4 is 10.5 Å². The van der Waals surface area contributed by atoms with Gasteiger partial charge in [-0.1, -0.05) is 11.3 Å². The Morgan fingerprint density at radius 2 is 2.29 bits per heavy atom. The molecule has 4 heteroatoms. The molecule has 0 saturated carbocycles. The van der Waals surface area contributed by atoms with Crippen molar-refractivity contribution in [3.63, 3.8) is 0 Å². The van der Waals surface area contributed by atoms with Crippen molar-refractivity contribution < 1.29 is 4.74 Å². The Labute approximate surface area is 92.1 Å². The Hall–Kier alpha value is -0.870. The van der Waals surface area contributed by atoms with Gasteiger partial charge < -0.3 is 10.5 Å². The number of fused-ring (bicyclic) bond motifs is 1. The number of benzene rings is 1. The van der Waals surface area contributed by atoms with Crippen LogP contribution in [0.1, 0.15) is 6.92 Å². The van der Waals surface area contributed by atoms with E-state index in [-0.39, 0.29) is 0 Å². The first-order chi connectivity index (χ1) is 6.72. The highest BCUT2D eigenvalue weighted by atomic mass is 32.1. The number of rotatable bonds is 2. The summed E-state index contributed by atoms with van der Waals surface area (Å²) in [6.07, 6.45) is 0. The number of ether oxygens (including phenoxy) is 1. The zero-order valence-corrected chi connectivity index (χ0v) is 9.49. The van der Waals surface area contributed by atoms with Crippen molar-refractivity contribution in [2.24, 2.45) is 0 Å². The van der Waals surface area contributed by atoms with E-state index < -0.39 is 0 Å². The molecular formula is C10H11NOS2. The highest BCUT2D eigenvalue weighted by Gasteiger charge is 2.06. The SMILES string of the molecule is CCOc1cc2c(S)c(N)ccc2s1. The minimum atomic E-state index is 0.685. The van der Waals surface area contributed by atoms with Crippen LogP contribution in [0.5, 0.6) is 5.06 Å². The summed E-state index contributed by atoms with van der Waals surface area (Å²) in [7, 11) is 0. The molecule has 2 rings (SSSR count). The Bertz CT molecular complexity index is 464. The zero-order chi connectivity index (χ0) is 10.1. The monoisotopic (exact) mass is 225 g/mol. The second-order valence-corrected chi connectivity index (χ2v) is 4.41. The number of hydrogen-bond acceptors (Lipinski definition) is 4. The minimum Gasteiger partial charge on any atom is -0.484 e. The molecule has 2 nitrogen and oxygen atoms in total. The van der Waals surface area contributed by atoms with E-state index in [9.17, 15) is 0 Å². The van der Waals surface area contributed by atoms with Crippen LogP contribution in [0.4, 0.5) is 5.69 Å². The number of nitrogens with two attached hydrogens (primary N) is 1. The predicted octanol–water partition coefficient (Wildman–Crippen LogP) is 3.17. The molecule has 0 saturated heterocycles. The fourth-order valence-corrected chi connectivity index (χ4v) is 2.62. The van der Waals surface area contributed by atoms with Gasteiger partial charge in [0.05, 0.1) is 6.61 Å². The van der Waals surface area contributed by atoms with Crippen LogP contribution in [-0.2, 0) is 0 Å². The maximum absolute atomic E-state index is 5.76. The largest absolute Gasteiger partial charge is 0.484 e. The maximum atomic E-state index is 5.76. The molecule has 0 fully saturated rings. The maximum Gasteiger partial charge on any atom is 0.174 e. The van der Waals surface area contributed by atoms with Crippen LogP contribution in [0, 0.1) is 0 Å². The first kappa shape index (κ1) is 9.68. The summed E-state index contributed by atoms with van der Waals surface area (Å²) in [6, 6.07) is 5.86. The van der Waals surface area contributed by atoms with E-state index in [1.165, 1.54) is 0 Å². The van der Waals surface area contributed by atoms with Gasteiger partial charge in [-0.15, -0.1) is 12.6 Å². The molecule has 14 heavy (non-hydrogen) atoms. The molecule has 0 atom stereocenters. The average molecular weight is 225 g/mol. The van der Waals surface area contributed by atoms with Gasteiger partial charge in [0.2, 0.25) is 0 Å². The fourth-order valence-electron chi connectivity index (χ4n) is 1.30.